The average Bonchev–Trinajstić information content (AvgIpc) is 2.47. The van der Waals surface area contributed by atoms with Crippen LogP contribution in [0.3, 0.4) is 0 Å². The summed E-state index contributed by atoms with van der Waals surface area (Å²) in [4.78, 5) is 0. The minimum atomic E-state index is 0.556. The van der Waals surface area contributed by atoms with Gasteiger partial charge in [-0.25, -0.2) is 0 Å². The fourth-order valence-corrected chi connectivity index (χ4v) is 1.54. The summed E-state index contributed by atoms with van der Waals surface area (Å²) in [7, 11) is 0. The molecule has 1 heterocycles. The van der Waals surface area contributed by atoms with Gasteiger partial charge in [0.15, 0.2) is 0 Å². The second-order valence-electron chi connectivity index (χ2n) is 2.84. The van der Waals surface area contributed by atoms with Crippen LogP contribution in [0.4, 0.5) is 0 Å². The van der Waals surface area contributed by atoms with Crippen molar-refractivity contribution in [1.82, 2.24) is 5.01 Å². The van der Waals surface area contributed by atoms with E-state index in [0.717, 1.165) is 13.0 Å². The molecule has 0 fully saturated rings. The highest BCUT2D eigenvalue weighted by Gasteiger charge is 2.22. The first-order valence-electron chi connectivity index (χ1n) is 4.10. The lowest BCUT2D eigenvalue weighted by Crippen LogP contribution is -2.16. The molecule has 2 aliphatic rings. The number of hydrazone groups is 1. The maximum absolute atomic E-state index is 4.30. The molecule has 0 saturated heterocycles. The summed E-state index contributed by atoms with van der Waals surface area (Å²) < 4.78 is 0. The van der Waals surface area contributed by atoms with Gasteiger partial charge in [-0.2, -0.15) is 5.10 Å². The van der Waals surface area contributed by atoms with Gasteiger partial charge < -0.3 is 0 Å². The summed E-state index contributed by atoms with van der Waals surface area (Å²) in [5.74, 6) is 0.556. The lowest BCUT2D eigenvalue weighted by Gasteiger charge is -2.18. The van der Waals surface area contributed by atoms with E-state index in [4.69, 9.17) is 0 Å². The molecule has 0 spiro atoms. The maximum Gasteiger partial charge on any atom is 0.0455 e. The van der Waals surface area contributed by atoms with E-state index in [0.29, 0.717) is 5.92 Å². The minimum absolute atomic E-state index is 0.556. The first-order valence-corrected chi connectivity index (χ1v) is 4.10. The zero-order valence-corrected chi connectivity index (χ0v) is 6.70. The second kappa shape index (κ2) is 2.53. The van der Waals surface area contributed by atoms with Crippen LogP contribution in [0.1, 0.15) is 13.3 Å². The van der Waals surface area contributed by atoms with Crippen LogP contribution in [0.25, 0.3) is 0 Å². The Kier molecular flexibility index (Phi) is 1.53. The fourth-order valence-electron chi connectivity index (χ4n) is 1.54. The van der Waals surface area contributed by atoms with Crippen molar-refractivity contribution in [1.29, 1.82) is 0 Å². The number of rotatable bonds is 1. The van der Waals surface area contributed by atoms with Crippen LogP contribution in [0.15, 0.2) is 29.0 Å². The normalized spacial score (nSPS) is 27.2. The quantitative estimate of drug-likeness (QED) is 0.553. The zero-order chi connectivity index (χ0) is 7.68. The molecule has 0 aromatic carbocycles. The number of hydrogen-bond donors (Lipinski definition) is 0. The van der Waals surface area contributed by atoms with Crippen LogP contribution in [0, 0.1) is 5.92 Å². The van der Waals surface area contributed by atoms with Gasteiger partial charge in [0.05, 0.1) is 0 Å². The Morgan fingerprint density at radius 1 is 1.73 bits per heavy atom. The van der Waals surface area contributed by atoms with Gasteiger partial charge in [-0.3, -0.25) is 5.01 Å². The van der Waals surface area contributed by atoms with Crippen molar-refractivity contribution in [3.63, 3.8) is 0 Å². The van der Waals surface area contributed by atoms with Gasteiger partial charge in [-0.05, 0) is 19.4 Å². The van der Waals surface area contributed by atoms with Gasteiger partial charge in [-0.15, -0.1) is 0 Å². The van der Waals surface area contributed by atoms with E-state index in [9.17, 15) is 0 Å². The van der Waals surface area contributed by atoms with Crippen LogP contribution in [0.5, 0.6) is 0 Å². The largest absolute Gasteiger partial charge is 0.270 e. The third-order valence-corrected chi connectivity index (χ3v) is 2.16. The molecule has 1 unspecified atom stereocenters. The number of allylic oxidation sites excluding steroid dienone is 4. The lowest BCUT2D eigenvalue weighted by atomic mass is 9.99. The minimum Gasteiger partial charge on any atom is -0.270 e. The van der Waals surface area contributed by atoms with E-state index < -0.39 is 0 Å². The summed E-state index contributed by atoms with van der Waals surface area (Å²) in [5, 5.41) is 6.36. The van der Waals surface area contributed by atoms with Crippen molar-refractivity contribution < 1.29 is 0 Å². The van der Waals surface area contributed by atoms with Crippen molar-refractivity contribution in [2.75, 3.05) is 6.54 Å². The molecule has 2 heteroatoms. The Balaban J connectivity index is 2.24. The highest BCUT2D eigenvalue weighted by atomic mass is 15.5. The van der Waals surface area contributed by atoms with Crippen molar-refractivity contribution in [3.05, 3.63) is 23.9 Å². The standard InChI is InChI=1S/C9H12N2/c1-2-11-9-6-4-3-5-8(9)7-10-11/h3-4,6-8H,2,5H2,1H3. The molecule has 0 saturated carbocycles. The monoisotopic (exact) mass is 148 g/mol. The Morgan fingerprint density at radius 3 is 3.45 bits per heavy atom. The molecule has 58 valence electrons. The Bertz CT molecular complexity index is 238. The fraction of sp³-hybridized carbons (Fsp3) is 0.444. The van der Waals surface area contributed by atoms with Gasteiger partial charge in [0.25, 0.3) is 0 Å². The van der Waals surface area contributed by atoms with Gasteiger partial charge in [-0.1, -0.05) is 12.2 Å². The SMILES string of the molecule is CCN1N=CC2CC=CC=C21. The number of hydrogen-bond acceptors (Lipinski definition) is 2. The molecule has 0 bridgehead atoms. The van der Waals surface area contributed by atoms with E-state index in [1.807, 2.05) is 6.21 Å². The first kappa shape index (κ1) is 6.65. The molecule has 0 amide bonds. The first-order chi connectivity index (χ1) is 5.42. The van der Waals surface area contributed by atoms with Crippen LogP contribution in [-0.2, 0) is 0 Å². The molecule has 11 heavy (non-hydrogen) atoms. The van der Waals surface area contributed by atoms with E-state index >= 15 is 0 Å². The summed E-state index contributed by atoms with van der Waals surface area (Å²) >= 11 is 0. The average molecular weight is 148 g/mol. The van der Waals surface area contributed by atoms with Crippen LogP contribution in [-0.4, -0.2) is 17.8 Å². The molecule has 1 aliphatic carbocycles. The Labute approximate surface area is 66.9 Å². The summed E-state index contributed by atoms with van der Waals surface area (Å²) in [6, 6.07) is 0. The van der Waals surface area contributed by atoms with Gasteiger partial charge in [0.1, 0.15) is 0 Å². The van der Waals surface area contributed by atoms with Crippen molar-refractivity contribution in [2.24, 2.45) is 11.0 Å². The smallest absolute Gasteiger partial charge is 0.0455 e. The molecule has 1 atom stereocenters. The molecule has 2 nitrogen and oxygen atoms in total. The van der Waals surface area contributed by atoms with Gasteiger partial charge in [0.2, 0.25) is 0 Å². The molecule has 0 aromatic heterocycles. The topological polar surface area (TPSA) is 15.6 Å². The molecule has 0 radical (unpaired) electrons. The number of fused-ring (bicyclic) bond motifs is 1. The summed E-state index contributed by atoms with van der Waals surface area (Å²) in [5.41, 5.74) is 1.36. The summed E-state index contributed by atoms with van der Waals surface area (Å²) in [6.45, 7) is 3.10. The number of nitrogens with zero attached hydrogens (tertiary/aromatic N) is 2. The lowest BCUT2D eigenvalue weighted by molar-refractivity contribution is 0.383. The summed E-state index contributed by atoms with van der Waals surface area (Å²) in [6.07, 6.45) is 9.62. The van der Waals surface area contributed by atoms with E-state index in [1.54, 1.807) is 0 Å². The molecular formula is C9H12N2. The zero-order valence-electron chi connectivity index (χ0n) is 6.70. The third-order valence-electron chi connectivity index (χ3n) is 2.16. The molecule has 2 rings (SSSR count). The molecule has 0 aromatic rings. The van der Waals surface area contributed by atoms with Crippen LogP contribution < -0.4 is 0 Å². The van der Waals surface area contributed by atoms with Crippen molar-refractivity contribution >= 4 is 6.21 Å². The van der Waals surface area contributed by atoms with E-state index in [2.05, 4.69) is 35.3 Å². The highest BCUT2D eigenvalue weighted by molar-refractivity contribution is 5.68. The Hall–Kier alpha value is -1.05. The molecule has 0 N–H and O–H groups in total. The highest BCUT2D eigenvalue weighted by Crippen LogP contribution is 2.26. The second-order valence-corrected chi connectivity index (χ2v) is 2.84. The van der Waals surface area contributed by atoms with Crippen molar-refractivity contribution in [2.45, 2.75) is 13.3 Å². The molecular weight excluding hydrogens is 136 g/mol. The van der Waals surface area contributed by atoms with Crippen LogP contribution >= 0.6 is 0 Å². The Morgan fingerprint density at radius 2 is 2.64 bits per heavy atom. The van der Waals surface area contributed by atoms with E-state index in [1.165, 1.54) is 5.70 Å². The molecule has 1 aliphatic heterocycles. The third kappa shape index (κ3) is 0.985. The maximum atomic E-state index is 4.30. The van der Waals surface area contributed by atoms with Gasteiger partial charge in [0, 0.05) is 24.4 Å². The van der Waals surface area contributed by atoms with Crippen LogP contribution in [0.2, 0.25) is 0 Å². The van der Waals surface area contributed by atoms with E-state index in [-0.39, 0.29) is 0 Å². The van der Waals surface area contributed by atoms with Crippen molar-refractivity contribution in [3.8, 4) is 0 Å². The predicted octanol–water partition coefficient (Wildman–Crippen LogP) is 1.77. The predicted molar refractivity (Wildman–Crippen MR) is 46.2 cm³/mol. The van der Waals surface area contributed by atoms with Gasteiger partial charge >= 0.3 is 0 Å².